The number of carbonyl (C=O) groups excluding carboxylic acids is 1. The van der Waals surface area contributed by atoms with Crippen LogP contribution in [0.3, 0.4) is 0 Å². The minimum Gasteiger partial charge on any atom is -0.486 e. The van der Waals surface area contributed by atoms with Crippen molar-refractivity contribution >= 4 is 11.9 Å². The van der Waals surface area contributed by atoms with Gasteiger partial charge in [0, 0.05) is 13.0 Å². The zero-order valence-corrected chi connectivity index (χ0v) is 11.1. The molecule has 0 spiro atoms. The van der Waals surface area contributed by atoms with Gasteiger partial charge in [-0.3, -0.25) is 9.59 Å². The van der Waals surface area contributed by atoms with Crippen LogP contribution in [-0.4, -0.2) is 36.7 Å². The highest BCUT2D eigenvalue weighted by atomic mass is 16.6. The van der Waals surface area contributed by atoms with Gasteiger partial charge in [0.1, 0.15) is 13.2 Å². The predicted molar refractivity (Wildman–Crippen MR) is 71.0 cm³/mol. The molecule has 6 nitrogen and oxygen atoms in total. The first-order valence-corrected chi connectivity index (χ1v) is 6.52. The number of carboxylic acids is 1. The molecule has 1 aliphatic heterocycles. The number of hydrogen-bond donors (Lipinski definition) is 2. The van der Waals surface area contributed by atoms with Crippen LogP contribution in [0.15, 0.2) is 18.2 Å². The summed E-state index contributed by atoms with van der Waals surface area (Å²) in [5.74, 6) is 0.258. The first-order valence-electron chi connectivity index (χ1n) is 6.52. The first kappa shape index (κ1) is 14.2. The van der Waals surface area contributed by atoms with Gasteiger partial charge in [0.25, 0.3) is 0 Å². The number of benzene rings is 1. The van der Waals surface area contributed by atoms with Gasteiger partial charge in [-0.15, -0.1) is 0 Å². The van der Waals surface area contributed by atoms with Gasteiger partial charge in [0.2, 0.25) is 5.91 Å². The summed E-state index contributed by atoms with van der Waals surface area (Å²) >= 11 is 0. The van der Waals surface area contributed by atoms with Crippen LogP contribution in [0, 0.1) is 0 Å². The third-order valence-electron chi connectivity index (χ3n) is 2.91. The molecule has 0 atom stereocenters. The molecule has 0 fully saturated rings. The van der Waals surface area contributed by atoms with Crippen LogP contribution in [0.4, 0.5) is 0 Å². The van der Waals surface area contributed by atoms with E-state index in [1.165, 1.54) is 0 Å². The fourth-order valence-electron chi connectivity index (χ4n) is 1.90. The van der Waals surface area contributed by atoms with Crippen molar-refractivity contribution in [3.63, 3.8) is 0 Å². The number of ether oxygens (including phenoxy) is 2. The lowest BCUT2D eigenvalue weighted by Crippen LogP contribution is -2.26. The van der Waals surface area contributed by atoms with Gasteiger partial charge >= 0.3 is 5.97 Å². The molecular weight excluding hydrogens is 262 g/mol. The molecule has 0 saturated heterocycles. The largest absolute Gasteiger partial charge is 0.486 e. The molecule has 0 saturated carbocycles. The summed E-state index contributed by atoms with van der Waals surface area (Å²) in [7, 11) is 0. The molecule has 2 N–H and O–H groups in total. The van der Waals surface area contributed by atoms with Gasteiger partial charge in [-0.2, -0.15) is 0 Å². The Bertz CT molecular complexity index is 500. The third-order valence-corrected chi connectivity index (χ3v) is 2.91. The zero-order chi connectivity index (χ0) is 14.4. The Morgan fingerprint density at radius 3 is 2.65 bits per heavy atom. The summed E-state index contributed by atoms with van der Waals surface area (Å²) in [6.45, 7) is 1.58. The number of nitrogens with one attached hydrogen (secondary N) is 1. The maximum Gasteiger partial charge on any atom is 0.303 e. The van der Waals surface area contributed by atoms with Crippen LogP contribution in [0.2, 0.25) is 0 Å². The van der Waals surface area contributed by atoms with Gasteiger partial charge in [0.15, 0.2) is 11.5 Å². The Morgan fingerprint density at radius 1 is 1.15 bits per heavy atom. The maximum atomic E-state index is 11.4. The lowest BCUT2D eigenvalue weighted by molar-refractivity contribution is -0.138. The minimum atomic E-state index is -0.966. The monoisotopic (exact) mass is 279 g/mol. The second-order valence-electron chi connectivity index (χ2n) is 4.47. The fraction of sp³-hybridized carbons (Fsp3) is 0.429. The van der Waals surface area contributed by atoms with Crippen molar-refractivity contribution in [3.05, 3.63) is 23.8 Å². The van der Waals surface area contributed by atoms with E-state index in [0.717, 1.165) is 17.1 Å². The second kappa shape index (κ2) is 6.79. The Labute approximate surface area is 116 Å². The van der Waals surface area contributed by atoms with Crippen molar-refractivity contribution in [2.24, 2.45) is 0 Å². The van der Waals surface area contributed by atoms with Crippen LogP contribution in [-0.2, 0) is 16.0 Å². The van der Waals surface area contributed by atoms with E-state index in [4.69, 9.17) is 14.6 Å². The lowest BCUT2D eigenvalue weighted by Gasteiger charge is -2.18. The number of fused-ring (bicyclic) bond motifs is 1. The summed E-state index contributed by atoms with van der Waals surface area (Å²) in [6.07, 6.45) is 0.530. The molecule has 20 heavy (non-hydrogen) atoms. The highest BCUT2D eigenvalue weighted by Crippen LogP contribution is 2.30. The molecule has 1 aromatic carbocycles. The van der Waals surface area contributed by atoms with Gasteiger partial charge in [-0.05, 0) is 24.1 Å². The Morgan fingerprint density at radius 2 is 1.90 bits per heavy atom. The predicted octanol–water partition coefficient (Wildman–Crippen LogP) is 0.981. The quantitative estimate of drug-likeness (QED) is 0.811. The lowest BCUT2D eigenvalue weighted by atomic mass is 10.1. The molecule has 1 aromatic rings. The number of hydrogen-bond acceptors (Lipinski definition) is 4. The van der Waals surface area contributed by atoms with Crippen molar-refractivity contribution in [2.75, 3.05) is 19.8 Å². The van der Waals surface area contributed by atoms with Crippen molar-refractivity contribution in [1.29, 1.82) is 0 Å². The van der Waals surface area contributed by atoms with Crippen LogP contribution in [0.5, 0.6) is 11.5 Å². The number of aliphatic carboxylic acids is 1. The summed E-state index contributed by atoms with van der Waals surface area (Å²) in [5.41, 5.74) is 1.03. The zero-order valence-electron chi connectivity index (χ0n) is 11.1. The number of carbonyl (C=O) groups is 2. The van der Waals surface area contributed by atoms with E-state index in [1.807, 2.05) is 18.2 Å². The van der Waals surface area contributed by atoms with E-state index in [2.05, 4.69) is 5.32 Å². The molecule has 0 bridgehead atoms. The molecule has 1 amide bonds. The average molecular weight is 279 g/mol. The van der Waals surface area contributed by atoms with Crippen LogP contribution in [0.1, 0.15) is 18.4 Å². The SMILES string of the molecule is O=C(O)CCC(=O)NCCc1ccc2c(c1)OCCO2. The van der Waals surface area contributed by atoms with Crippen molar-refractivity contribution in [1.82, 2.24) is 5.32 Å². The van der Waals surface area contributed by atoms with Crippen molar-refractivity contribution in [3.8, 4) is 11.5 Å². The van der Waals surface area contributed by atoms with Crippen LogP contribution in [0.25, 0.3) is 0 Å². The van der Waals surface area contributed by atoms with E-state index >= 15 is 0 Å². The topological polar surface area (TPSA) is 84.9 Å². The average Bonchev–Trinajstić information content (AvgIpc) is 2.45. The molecule has 6 heteroatoms. The Balaban J connectivity index is 1.76. The van der Waals surface area contributed by atoms with Crippen molar-refractivity contribution in [2.45, 2.75) is 19.3 Å². The van der Waals surface area contributed by atoms with E-state index < -0.39 is 5.97 Å². The summed E-state index contributed by atoms with van der Waals surface area (Å²) in [4.78, 5) is 21.7. The summed E-state index contributed by atoms with van der Waals surface area (Å²) < 4.78 is 10.9. The molecule has 2 rings (SSSR count). The fourth-order valence-corrected chi connectivity index (χ4v) is 1.90. The molecule has 0 radical (unpaired) electrons. The molecule has 1 heterocycles. The standard InChI is InChI=1S/C14H17NO5/c16-13(3-4-14(17)18)15-6-5-10-1-2-11-12(9-10)20-8-7-19-11/h1-2,9H,3-8H2,(H,15,16)(H,17,18). The van der Waals surface area contributed by atoms with E-state index in [1.54, 1.807) is 0 Å². The first-order chi connectivity index (χ1) is 9.65. The van der Waals surface area contributed by atoms with Gasteiger partial charge < -0.3 is 19.9 Å². The molecule has 0 unspecified atom stereocenters. The Hall–Kier alpha value is -2.24. The van der Waals surface area contributed by atoms with E-state index in [0.29, 0.717) is 26.2 Å². The van der Waals surface area contributed by atoms with Gasteiger partial charge in [0.05, 0.1) is 6.42 Å². The smallest absolute Gasteiger partial charge is 0.303 e. The summed E-state index contributed by atoms with van der Waals surface area (Å²) in [5, 5.41) is 11.2. The van der Waals surface area contributed by atoms with E-state index in [-0.39, 0.29) is 18.7 Å². The normalized spacial score (nSPS) is 12.8. The molecular formula is C14H17NO5. The van der Waals surface area contributed by atoms with Gasteiger partial charge in [-0.1, -0.05) is 6.07 Å². The third kappa shape index (κ3) is 4.15. The summed E-state index contributed by atoms with van der Waals surface area (Å²) in [6, 6.07) is 5.69. The highest BCUT2D eigenvalue weighted by Gasteiger charge is 2.11. The second-order valence-corrected chi connectivity index (χ2v) is 4.47. The maximum absolute atomic E-state index is 11.4. The number of amides is 1. The Kier molecular flexibility index (Phi) is 4.81. The molecule has 1 aliphatic rings. The number of carboxylic acid groups (broad SMARTS) is 1. The minimum absolute atomic E-state index is 0.0104. The van der Waals surface area contributed by atoms with E-state index in [9.17, 15) is 9.59 Å². The van der Waals surface area contributed by atoms with Crippen molar-refractivity contribution < 1.29 is 24.2 Å². The highest BCUT2D eigenvalue weighted by molar-refractivity contribution is 5.80. The number of rotatable bonds is 6. The molecule has 0 aliphatic carbocycles. The van der Waals surface area contributed by atoms with Gasteiger partial charge in [-0.25, -0.2) is 0 Å². The molecule has 108 valence electrons. The molecule has 0 aromatic heterocycles. The van der Waals surface area contributed by atoms with Crippen LogP contribution < -0.4 is 14.8 Å². The van der Waals surface area contributed by atoms with Crippen LogP contribution >= 0.6 is 0 Å².